The van der Waals surface area contributed by atoms with Gasteiger partial charge in [0.25, 0.3) is 0 Å². The van der Waals surface area contributed by atoms with E-state index in [0.29, 0.717) is 11.6 Å². The van der Waals surface area contributed by atoms with Crippen molar-refractivity contribution in [1.82, 2.24) is 4.90 Å². The highest BCUT2D eigenvalue weighted by molar-refractivity contribution is 6.30. The van der Waals surface area contributed by atoms with Crippen LogP contribution in [0.4, 0.5) is 18.9 Å². The zero-order chi connectivity index (χ0) is 18.4. The summed E-state index contributed by atoms with van der Waals surface area (Å²) in [5, 5.41) is 2.77. The summed E-state index contributed by atoms with van der Waals surface area (Å²) in [5.41, 5.74) is 0.824. The molecule has 0 aliphatic rings. The van der Waals surface area contributed by atoms with Crippen LogP contribution >= 0.6 is 11.6 Å². The van der Waals surface area contributed by atoms with Crippen LogP contribution in [0, 0.1) is 5.82 Å². The molecule has 1 amide bonds. The molecule has 0 bridgehead atoms. The second-order valence-electron chi connectivity index (χ2n) is 5.37. The fraction of sp³-hybridized carbons (Fsp3) is 0.235. The minimum absolute atomic E-state index is 0.0133. The molecule has 2 aromatic rings. The van der Waals surface area contributed by atoms with Gasteiger partial charge >= 0.3 is 6.61 Å². The molecule has 0 aliphatic carbocycles. The molecular weight excluding hydrogens is 357 g/mol. The number of nitrogens with zero attached hydrogens (tertiary/aromatic N) is 1. The summed E-state index contributed by atoms with van der Waals surface area (Å²) in [6.45, 7) is -2.45. The van der Waals surface area contributed by atoms with Gasteiger partial charge in [-0.2, -0.15) is 8.78 Å². The van der Waals surface area contributed by atoms with Crippen molar-refractivity contribution in [2.45, 2.75) is 13.2 Å². The lowest BCUT2D eigenvalue weighted by molar-refractivity contribution is -0.117. The zero-order valence-corrected chi connectivity index (χ0v) is 14.1. The van der Waals surface area contributed by atoms with Crippen LogP contribution in [0.15, 0.2) is 42.5 Å². The molecule has 4 nitrogen and oxygen atoms in total. The lowest BCUT2D eigenvalue weighted by Gasteiger charge is -2.17. The Morgan fingerprint density at radius 1 is 1.24 bits per heavy atom. The van der Waals surface area contributed by atoms with Crippen molar-refractivity contribution in [3.05, 3.63) is 58.9 Å². The van der Waals surface area contributed by atoms with Crippen LogP contribution in [-0.4, -0.2) is 31.0 Å². The van der Waals surface area contributed by atoms with E-state index < -0.39 is 18.3 Å². The maximum atomic E-state index is 13.6. The Balaban J connectivity index is 1.87. The first-order valence-electron chi connectivity index (χ1n) is 7.30. The average molecular weight is 373 g/mol. The molecule has 0 heterocycles. The molecule has 0 unspecified atom stereocenters. The molecule has 0 saturated heterocycles. The van der Waals surface area contributed by atoms with Crippen molar-refractivity contribution in [3.8, 4) is 5.75 Å². The van der Waals surface area contributed by atoms with E-state index in [0.717, 1.165) is 5.56 Å². The van der Waals surface area contributed by atoms with Crippen LogP contribution in [-0.2, 0) is 11.3 Å². The Hall–Kier alpha value is -2.25. The fourth-order valence-corrected chi connectivity index (χ4v) is 2.34. The van der Waals surface area contributed by atoms with E-state index in [2.05, 4.69) is 10.1 Å². The van der Waals surface area contributed by atoms with E-state index in [1.54, 1.807) is 24.1 Å². The quantitative estimate of drug-likeness (QED) is 0.793. The minimum atomic E-state index is -2.87. The van der Waals surface area contributed by atoms with Crippen LogP contribution in [0.1, 0.15) is 5.56 Å². The average Bonchev–Trinajstić information content (AvgIpc) is 2.52. The van der Waals surface area contributed by atoms with E-state index in [1.165, 1.54) is 30.3 Å². The molecule has 1 N–H and O–H groups in total. The van der Waals surface area contributed by atoms with Crippen molar-refractivity contribution >= 4 is 23.2 Å². The highest BCUT2D eigenvalue weighted by Gasteiger charge is 2.11. The van der Waals surface area contributed by atoms with Crippen LogP contribution in [0.2, 0.25) is 5.02 Å². The molecule has 0 spiro atoms. The van der Waals surface area contributed by atoms with Gasteiger partial charge in [0, 0.05) is 11.6 Å². The third-order valence-electron chi connectivity index (χ3n) is 3.22. The summed E-state index contributed by atoms with van der Waals surface area (Å²) in [6.07, 6.45) is 0. The standard InChI is InChI=1S/C17H16ClF3N2O2/c1-23(9-11-2-5-13(6-3-11)25-17(20)21)10-16(24)22-15-8-12(18)4-7-14(15)19/h2-8,17H,9-10H2,1H3,(H,22,24). The first-order valence-corrected chi connectivity index (χ1v) is 7.68. The lowest BCUT2D eigenvalue weighted by Crippen LogP contribution is -2.30. The molecule has 0 atom stereocenters. The summed E-state index contributed by atoms with van der Waals surface area (Å²) >= 11 is 5.77. The van der Waals surface area contributed by atoms with Gasteiger partial charge in [0.05, 0.1) is 12.2 Å². The van der Waals surface area contributed by atoms with E-state index >= 15 is 0 Å². The molecule has 0 radical (unpaired) electrons. The fourth-order valence-electron chi connectivity index (χ4n) is 2.17. The monoisotopic (exact) mass is 372 g/mol. The second-order valence-corrected chi connectivity index (χ2v) is 5.80. The van der Waals surface area contributed by atoms with Crippen molar-refractivity contribution in [1.29, 1.82) is 0 Å². The van der Waals surface area contributed by atoms with Gasteiger partial charge in [0.1, 0.15) is 11.6 Å². The number of halogens is 4. The largest absolute Gasteiger partial charge is 0.435 e. The van der Waals surface area contributed by atoms with E-state index in [4.69, 9.17) is 11.6 Å². The Morgan fingerprint density at radius 3 is 2.56 bits per heavy atom. The van der Waals surface area contributed by atoms with Crippen molar-refractivity contribution in [2.75, 3.05) is 18.9 Å². The maximum absolute atomic E-state index is 13.6. The van der Waals surface area contributed by atoms with Crippen LogP contribution in [0.25, 0.3) is 0 Å². The number of nitrogens with one attached hydrogen (secondary N) is 1. The smallest absolute Gasteiger partial charge is 0.387 e. The van der Waals surface area contributed by atoms with Crippen molar-refractivity contribution in [3.63, 3.8) is 0 Å². The van der Waals surface area contributed by atoms with E-state index in [-0.39, 0.29) is 18.0 Å². The first kappa shape index (κ1) is 19.1. The molecule has 134 valence electrons. The molecule has 2 aromatic carbocycles. The summed E-state index contributed by atoms with van der Waals surface area (Å²) in [7, 11) is 1.71. The van der Waals surface area contributed by atoms with Gasteiger partial charge in [-0.25, -0.2) is 4.39 Å². The number of amides is 1. The second kappa shape index (κ2) is 8.73. The summed E-state index contributed by atoms with van der Waals surface area (Å²) in [5.74, 6) is -0.910. The summed E-state index contributed by atoms with van der Waals surface area (Å²) in [6, 6.07) is 10.0. The number of likely N-dealkylation sites (N-methyl/N-ethyl adjacent to an activating group) is 1. The minimum Gasteiger partial charge on any atom is -0.435 e. The highest BCUT2D eigenvalue weighted by Crippen LogP contribution is 2.19. The lowest BCUT2D eigenvalue weighted by atomic mass is 10.2. The summed E-state index contributed by atoms with van der Waals surface area (Å²) < 4.78 is 42.1. The van der Waals surface area contributed by atoms with Gasteiger partial charge in [-0.05, 0) is 42.9 Å². The number of hydrogen-bond donors (Lipinski definition) is 1. The van der Waals surface area contributed by atoms with Gasteiger partial charge in [-0.1, -0.05) is 23.7 Å². The number of hydrogen-bond acceptors (Lipinski definition) is 3. The van der Waals surface area contributed by atoms with E-state index in [1.807, 2.05) is 0 Å². The van der Waals surface area contributed by atoms with Gasteiger partial charge in [-0.3, -0.25) is 9.69 Å². The van der Waals surface area contributed by atoms with Crippen LogP contribution in [0.3, 0.4) is 0 Å². The maximum Gasteiger partial charge on any atom is 0.387 e. The zero-order valence-electron chi connectivity index (χ0n) is 13.3. The number of carbonyl (C=O) groups is 1. The Bertz CT molecular complexity index is 726. The van der Waals surface area contributed by atoms with Gasteiger partial charge in [0.2, 0.25) is 5.91 Å². The number of benzene rings is 2. The number of ether oxygens (including phenoxy) is 1. The number of alkyl halides is 2. The molecule has 8 heteroatoms. The highest BCUT2D eigenvalue weighted by atomic mass is 35.5. The molecule has 0 saturated carbocycles. The molecule has 2 rings (SSSR count). The van der Waals surface area contributed by atoms with Gasteiger partial charge < -0.3 is 10.1 Å². The van der Waals surface area contributed by atoms with Gasteiger partial charge in [-0.15, -0.1) is 0 Å². The van der Waals surface area contributed by atoms with Crippen LogP contribution in [0.5, 0.6) is 5.75 Å². The van der Waals surface area contributed by atoms with Crippen molar-refractivity contribution in [2.24, 2.45) is 0 Å². The molecular formula is C17H16ClF3N2O2. The number of carbonyl (C=O) groups excluding carboxylic acids is 1. The Morgan fingerprint density at radius 2 is 1.92 bits per heavy atom. The molecule has 0 aromatic heterocycles. The SMILES string of the molecule is CN(CC(=O)Nc1cc(Cl)ccc1F)Cc1ccc(OC(F)F)cc1. The molecule has 25 heavy (non-hydrogen) atoms. The van der Waals surface area contributed by atoms with Crippen LogP contribution < -0.4 is 10.1 Å². The predicted molar refractivity (Wildman–Crippen MR) is 89.4 cm³/mol. The Labute approximate surface area is 148 Å². The van der Waals surface area contributed by atoms with Crippen molar-refractivity contribution < 1.29 is 22.7 Å². The first-order chi connectivity index (χ1) is 11.8. The summed E-state index contributed by atoms with van der Waals surface area (Å²) in [4.78, 5) is 13.7. The normalized spacial score (nSPS) is 11.0. The predicted octanol–water partition coefficient (Wildman–Crippen LogP) is 4.15. The third kappa shape index (κ3) is 6.28. The number of anilines is 1. The third-order valence-corrected chi connectivity index (χ3v) is 3.45. The molecule has 0 fully saturated rings. The Kier molecular flexibility index (Phi) is 6.66. The molecule has 0 aliphatic heterocycles. The topological polar surface area (TPSA) is 41.6 Å². The van der Waals surface area contributed by atoms with Gasteiger partial charge in [0.15, 0.2) is 0 Å². The number of rotatable bonds is 7. The van der Waals surface area contributed by atoms with E-state index in [9.17, 15) is 18.0 Å².